The molecule has 0 aliphatic carbocycles. The number of nitrogens with zero attached hydrogens (tertiary/aromatic N) is 2. The zero-order valence-corrected chi connectivity index (χ0v) is 12.0. The highest BCUT2D eigenvalue weighted by Crippen LogP contribution is 2.20. The molecule has 0 unspecified atom stereocenters. The summed E-state index contributed by atoms with van der Waals surface area (Å²) in [5, 5.41) is 5.46. The topological polar surface area (TPSA) is 47.8 Å². The summed E-state index contributed by atoms with van der Waals surface area (Å²) in [5.41, 5.74) is 3.50. The average molecular weight is 269 g/mol. The lowest BCUT2D eigenvalue weighted by atomic mass is 10.3. The van der Waals surface area contributed by atoms with E-state index in [1.54, 1.807) is 25.6 Å². The monoisotopic (exact) mass is 269 g/mol. The van der Waals surface area contributed by atoms with Crippen molar-refractivity contribution in [1.82, 2.24) is 14.7 Å². The van der Waals surface area contributed by atoms with Gasteiger partial charge in [0.25, 0.3) is 0 Å². The Balaban J connectivity index is 2.07. The maximum atomic E-state index is 5.14. The lowest BCUT2D eigenvalue weighted by molar-refractivity contribution is -0.0989. The van der Waals surface area contributed by atoms with E-state index >= 15 is 0 Å². The number of nitrogens with one attached hydrogen (secondary N) is 1. The molecule has 18 heavy (non-hydrogen) atoms. The molecule has 0 aliphatic heterocycles. The summed E-state index contributed by atoms with van der Waals surface area (Å²) >= 11 is 1.67. The van der Waals surface area contributed by atoms with Crippen molar-refractivity contribution in [2.45, 2.75) is 26.7 Å². The fraction of sp³-hybridized carbons (Fsp3) is 0.583. The minimum atomic E-state index is -0.211. The van der Waals surface area contributed by atoms with E-state index in [0.717, 1.165) is 17.2 Å². The Labute approximate surface area is 111 Å². The Kier molecular flexibility index (Phi) is 4.34. The number of ether oxygens (including phenoxy) is 2. The van der Waals surface area contributed by atoms with Crippen LogP contribution in [-0.2, 0) is 16.0 Å². The molecule has 0 fully saturated rings. The first-order valence-corrected chi connectivity index (χ1v) is 6.73. The number of imidazole rings is 1. The molecular formula is C12H19N3O2S. The van der Waals surface area contributed by atoms with Gasteiger partial charge in [0.15, 0.2) is 11.3 Å². The maximum absolute atomic E-state index is 5.14. The number of aromatic nitrogens is 2. The van der Waals surface area contributed by atoms with Gasteiger partial charge >= 0.3 is 0 Å². The molecular weight excluding hydrogens is 250 g/mol. The summed E-state index contributed by atoms with van der Waals surface area (Å²) in [5.74, 6) is 0. The van der Waals surface area contributed by atoms with Gasteiger partial charge in [-0.1, -0.05) is 0 Å². The molecule has 0 aliphatic rings. The second kappa shape index (κ2) is 5.79. The highest BCUT2D eigenvalue weighted by Gasteiger charge is 2.12. The van der Waals surface area contributed by atoms with Gasteiger partial charge in [-0.05, 0) is 13.8 Å². The van der Waals surface area contributed by atoms with Crippen molar-refractivity contribution in [3.8, 4) is 0 Å². The molecule has 6 heteroatoms. The second-order valence-corrected chi connectivity index (χ2v) is 5.01. The molecule has 0 amide bonds. The Morgan fingerprint density at radius 2 is 2.11 bits per heavy atom. The van der Waals surface area contributed by atoms with Gasteiger partial charge in [-0.15, -0.1) is 11.3 Å². The zero-order chi connectivity index (χ0) is 13.1. The summed E-state index contributed by atoms with van der Waals surface area (Å²) in [7, 11) is 3.28. The Bertz CT molecular complexity index is 517. The third-order valence-electron chi connectivity index (χ3n) is 2.96. The van der Waals surface area contributed by atoms with Gasteiger partial charge in [-0.3, -0.25) is 4.40 Å². The molecule has 0 aromatic carbocycles. The van der Waals surface area contributed by atoms with Gasteiger partial charge in [0.1, 0.15) is 0 Å². The van der Waals surface area contributed by atoms with Crippen LogP contribution in [0.5, 0.6) is 0 Å². The molecule has 1 N–H and O–H groups in total. The van der Waals surface area contributed by atoms with Crippen molar-refractivity contribution in [3.05, 3.63) is 22.5 Å². The molecule has 2 rings (SSSR count). The molecule has 5 nitrogen and oxygen atoms in total. The molecule has 2 heterocycles. The summed E-state index contributed by atoms with van der Waals surface area (Å²) < 4.78 is 12.5. The molecule has 0 atom stereocenters. The average Bonchev–Trinajstić information content (AvgIpc) is 2.86. The van der Waals surface area contributed by atoms with E-state index in [2.05, 4.69) is 27.0 Å². The summed E-state index contributed by atoms with van der Waals surface area (Å²) in [6.45, 7) is 5.55. The van der Waals surface area contributed by atoms with Gasteiger partial charge in [0.2, 0.25) is 0 Å². The maximum Gasteiger partial charge on any atom is 0.194 e. The van der Waals surface area contributed by atoms with Gasteiger partial charge in [0.05, 0.1) is 11.4 Å². The first kappa shape index (κ1) is 13.5. The quantitative estimate of drug-likeness (QED) is 0.811. The number of methoxy groups -OCH3 is 2. The SMILES string of the molecule is COC(CNCc1c(C)nc2scc(C)n12)OC. The number of aryl methyl sites for hydroxylation is 2. The zero-order valence-electron chi connectivity index (χ0n) is 11.2. The van der Waals surface area contributed by atoms with E-state index < -0.39 is 0 Å². The fourth-order valence-electron chi connectivity index (χ4n) is 1.95. The van der Waals surface area contributed by atoms with Crippen LogP contribution in [0.4, 0.5) is 0 Å². The fourth-order valence-corrected chi connectivity index (χ4v) is 2.88. The standard InChI is InChI=1S/C12H19N3O2S/c1-8-7-18-12-14-9(2)10(15(8)12)5-13-6-11(16-3)17-4/h7,11,13H,5-6H2,1-4H3. The summed E-state index contributed by atoms with van der Waals surface area (Å²) in [6.07, 6.45) is -0.211. The van der Waals surface area contributed by atoms with Crippen LogP contribution in [0, 0.1) is 13.8 Å². The van der Waals surface area contributed by atoms with Gasteiger partial charge in [-0.2, -0.15) is 0 Å². The third-order valence-corrected chi connectivity index (χ3v) is 3.90. The van der Waals surface area contributed by atoms with Crippen molar-refractivity contribution in [2.75, 3.05) is 20.8 Å². The first-order valence-electron chi connectivity index (χ1n) is 5.85. The Morgan fingerprint density at radius 3 is 2.78 bits per heavy atom. The second-order valence-electron chi connectivity index (χ2n) is 4.17. The van der Waals surface area contributed by atoms with Crippen LogP contribution in [0.15, 0.2) is 5.38 Å². The predicted molar refractivity (Wildman–Crippen MR) is 72.1 cm³/mol. The molecule has 0 spiro atoms. The van der Waals surface area contributed by atoms with E-state index in [1.807, 2.05) is 6.92 Å². The minimum Gasteiger partial charge on any atom is -0.355 e. The van der Waals surface area contributed by atoms with Crippen LogP contribution in [0.2, 0.25) is 0 Å². The van der Waals surface area contributed by atoms with Crippen molar-refractivity contribution in [2.24, 2.45) is 0 Å². The van der Waals surface area contributed by atoms with E-state index in [4.69, 9.17) is 9.47 Å². The third kappa shape index (κ3) is 2.56. The van der Waals surface area contributed by atoms with Crippen LogP contribution >= 0.6 is 11.3 Å². The molecule has 2 aromatic heterocycles. The highest BCUT2D eigenvalue weighted by atomic mass is 32.1. The molecule has 0 radical (unpaired) electrons. The number of hydrogen-bond acceptors (Lipinski definition) is 5. The van der Waals surface area contributed by atoms with Crippen molar-refractivity contribution < 1.29 is 9.47 Å². The number of thiazole rings is 1. The van der Waals surface area contributed by atoms with Crippen molar-refractivity contribution >= 4 is 16.3 Å². The van der Waals surface area contributed by atoms with Gasteiger partial charge in [0, 0.05) is 38.4 Å². The van der Waals surface area contributed by atoms with Crippen LogP contribution < -0.4 is 5.32 Å². The van der Waals surface area contributed by atoms with E-state index in [9.17, 15) is 0 Å². The van der Waals surface area contributed by atoms with E-state index in [-0.39, 0.29) is 6.29 Å². The molecule has 0 bridgehead atoms. The molecule has 100 valence electrons. The predicted octanol–water partition coefficient (Wildman–Crippen LogP) is 1.72. The minimum absolute atomic E-state index is 0.211. The number of hydrogen-bond donors (Lipinski definition) is 1. The number of rotatable bonds is 6. The summed E-state index contributed by atoms with van der Waals surface area (Å²) in [4.78, 5) is 5.60. The van der Waals surface area contributed by atoms with E-state index in [1.165, 1.54) is 11.4 Å². The van der Waals surface area contributed by atoms with Crippen molar-refractivity contribution in [1.29, 1.82) is 0 Å². The largest absolute Gasteiger partial charge is 0.355 e. The summed E-state index contributed by atoms with van der Waals surface area (Å²) in [6, 6.07) is 0. The molecule has 2 aromatic rings. The van der Waals surface area contributed by atoms with Crippen LogP contribution in [-0.4, -0.2) is 36.4 Å². The smallest absolute Gasteiger partial charge is 0.194 e. The van der Waals surface area contributed by atoms with Crippen LogP contribution in [0.1, 0.15) is 17.1 Å². The van der Waals surface area contributed by atoms with E-state index in [0.29, 0.717) is 6.54 Å². The lowest BCUT2D eigenvalue weighted by Gasteiger charge is -2.14. The Hall–Kier alpha value is -0.950. The number of fused-ring (bicyclic) bond motifs is 1. The lowest BCUT2D eigenvalue weighted by Crippen LogP contribution is -2.29. The molecule has 0 saturated carbocycles. The first-order chi connectivity index (χ1) is 8.67. The van der Waals surface area contributed by atoms with Crippen LogP contribution in [0.25, 0.3) is 4.96 Å². The molecule has 0 saturated heterocycles. The normalized spacial score (nSPS) is 11.8. The van der Waals surface area contributed by atoms with Crippen LogP contribution in [0.3, 0.4) is 0 Å². The van der Waals surface area contributed by atoms with Crippen molar-refractivity contribution in [3.63, 3.8) is 0 Å². The highest BCUT2D eigenvalue weighted by molar-refractivity contribution is 7.15. The van der Waals surface area contributed by atoms with Gasteiger partial charge in [-0.25, -0.2) is 4.98 Å². The Morgan fingerprint density at radius 1 is 1.39 bits per heavy atom. The van der Waals surface area contributed by atoms with Gasteiger partial charge < -0.3 is 14.8 Å².